The first kappa shape index (κ1) is 15.8. The number of hydrogen-bond acceptors (Lipinski definition) is 7. The maximum Gasteiger partial charge on any atom is 0.243 e. The van der Waals surface area contributed by atoms with E-state index in [1.807, 2.05) is 0 Å². The molecule has 0 aromatic carbocycles. The number of unbranched alkanes of at least 4 members (excludes halogenated alkanes) is 3. The van der Waals surface area contributed by atoms with Gasteiger partial charge in [-0.1, -0.05) is 26.2 Å². The Hall–Kier alpha value is -1.63. The number of nitrogens with one attached hydrogen (secondary N) is 2. The standard InChI is InChI=1S/C14H27N7/c1-2-3-4-6-9-16-12-17-13(20-15)19-14(18-12)21-10-7-5-8-11-21/h2-11,15H2,1H3,(H2,16,17,18,19,20). The molecule has 0 bridgehead atoms. The Labute approximate surface area is 126 Å². The molecule has 7 heteroatoms. The molecule has 0 unspecified atom stereocenters. The van der Waals surface area contributed by atoms with Crippen LogP contribution in [-0.4, -0.2) is 34.6 Å². The molecule has 1 aromatic rings. The van der Waals surface area contributed by atoms with Gasteiger partial charge < -0.3 is 10.2 Å². The van der Waals surface area contributed by atoms with Gasteiger partial charge in [0.25, 0.3) is 0 Å². The summed E-state index contributed by atoms with van der Waals surface area (Å²) in [6, 6.07) is 0. The van der Waals surface area contributed by atoms with Crippen LogP contribution in [0.3, 0.4) is 0 Å². The predicted octanol–water partition coefficient (Wildman–Crippen LogP) is 2.14. The molecular weight excluding hydrogens is 266 g/mol. The normalized spacial score (nSPS) is 15.0. The smallest absolute Gasteiger partial charge is 0.243 e. The van der Waals surface area contributed by atoms with Gasteiger partial charge in [0, 0.05) is 19.6 Å². The van der Waals surface area contributed by atoms with Gasteiger partial charge in [0.05, 0.1) is 0 Å². The summed E-state index contributed by atoms with van der Waals surface area (Å²) in [5.41, 5.74) is 2.53. The summed E-state index contributed by atoms with van der Waals surface area (Å²) in [6.45, 7) is 5.10. The van der Waals surface area contributed by atoms with Crippen molar-refractivity contribution in [1.82, 2.24) is 15.0 Å². The number of nitrogen functional groups attached to an aromatic ring is 1. The first-order valence-corrected chi connectivity index (χ1v) is 8.05. The number of anilines is 3. The van der Waals surface area contributed by atoms with Gasteiger partial charge in [-0.25, -0.2) is 5.84 Å². The summed E-state index contributed by atoms with van der Waals surface area (Å²) in [5, 5.41) is 3.27. The highest BCUT2D eigenvalue weighted by molar-refractivity contribution is 5.43. The van der Waals surface area contributed by atoms with Crippen LogP contribution < -0.4 is 21.5 Å². The zero-order valence-corrected chi connectivity index (χ0v) is 12.9. The molecule has 7 nitrogen and oxygen atoms in total. The molecule has 1 aromatic heterocycles. The second kappa shape index (κ2) is 8.61. The van der Waals surface area contributed by atoms with Gasteiger partial charge >= 0.3 is 0 Å². The van der Waals surface area contributed by atoms with E-state index in [0.717, 1.165) is 26.1 Å². The van der Waals surface area contributed by atoms with Crippen LogP contribution in [0.1, 0.15) is 51.9 Å². The SMILES string of the molecule is CCCCCCNc1nc(NN)nc(N2CCCCC2)n1. The van der Waals surface area contributed by atoms with Gasteiger partial charge in [0.1, 0.15) is 0 Å². The van der Waals surface area contributed by atoms with Gasteiger partial charge in [-0.3, -0.25) is 5.43 Å². The van der Waals surface area contributed by atoms with Crippen molar-refractivity contribution in [2.75, 3.05) is 35.3 Å². The highest BCUT2D eigenvalue weighted by atomic mass is 15.4. The third-order valence-electron chi connectivity index (χ3n) is 3.71. The van der Waals surface area contributed by atoms with Crippen LogP contribution in [0.4, 0.5) is 17.8 Å². The highest BCUT2D eigenvalue weighted by Crippen LogP contribution is 2.18. The van der Waals surface area contributed by atoms with Crippen LogP contribution in [0.5, 0.6) is 0 Å². The monoisotopic (exact) mass is 293 g/mol. The maximum atomic E-state index is 5.46. The van der Waals surface area contributed by atoms with Gasteiger partial charge in [0.2, 0.25) is 17.8 Å². The number of nitrogens with two attached hydrogens (primary N) is 1. The van der Waals surface area contributed by atoms with E-state index in [9.17, 15) is 0 Å². The molecular formula is C14H27N7. The molecule has 0 amide bonds. The maximum absolute atomic E-state index is 5.46. The molecule has 1 aliphatic heterocycles. The molecule has 2 heterocycles. The number of nitrogens with zero attached hydrogens (tertiary/aromatic N) is 4. The lowest BCUT2D eigenvalue weighted by atomic mass is 10.1. The van der Waals surface area contributed by atoms with Crippen molar-refractivity contribution in [1.29, 1.82) is 0 Å². The second-order valence-corrected chi connectivity index (χ2v) is 5.46. The Bertz CT molecular complexity index is 418. The minimum atomic E-state index is 0.418. The Morgan fingerprint density at radius 1 is 1.00 bits per heavy atom. The van der Waals surface area contributed by atoms with E-state index in [1.165, 1.54) is 38.5 Å². The van der Waals surface area contributed by atoms with Crippen molar-refractivity contribution in [3.05, 3.63) is 0 Å². The molecule has 118 valence electrons. The summed E-state index contributed by atoms with van der Waals surface area (Å²) in [6.07, 6.45) is 8.54. The van der Waals surface area contributed by atoms with E-state index in [4.69, 9.17) is 5.84 Å². The molecule has 0 aliphatic carbocycles. The second-order valence-electron chi connectivity index (χ2n) is 5.46. The van der Waals surface area contributed by atoms with Crippen LogP contribution in [0, 0.1) is 0 Å². The molecule has 1 fully saturated rings. The Kier molecular flexibility index (Phi) is 6.46. The summed E-state index contributed by atoms with van der Waals surface area (Å²) in [4.78, 5) is 15.4. The Morgan fingerprint density at radius 2 is 1.76 bits per heavy atom. The fraction of sp³-hybridized carbons (Fsp3) is 0.786. The number of aromatic nitrogens is 3. The van der Waals surface area contributed by atoms with E-state index >= 15 is 0 Å². The predicted molar refractivity (Wildman–Crippen MR) is 86.3 cm³/mol. The van der Waals surface area contributed by atoms with Gasteiger partial charge in [0.15, 0.2) is 0 Å². The largest absolute Gasteiger partial charge is 0.354 e. The third kappa shape index (κ3) is 5.00. The minimum absolute atomic E-state index is 0.418. The summed E-state index contributed by atoms with van der Waals surface area (Å²) in [5.74, 6) is 7.20. The van der Waals surface area contributed by atoms with Crippen molar-refractivity contribution in [2.45, 2.75) is 51.9 Å². The molecule has 1 saturated heterocycles. The number of hydrogen-bond donors (Lipinski definition) is 3. The molecule has 0 spiro atoms. The van der Waals surface area contributed by atoms with Gasteiger partial charge in [-0.05, 0) is 25.7 Å². The zero-order valence-electron chi connectivity index (χ0n) is 12.9. The quantitative estimate of drug-likeness (QED) is 0.384. The first-order chi connectivity index (χ1) is 10.3. The number of hydrazine groups is 1. The fourth-order valence-corrected chi connectivity index (χ4v) is 2.50. The molecule has 0 radical (unpaired) electrons. The van der Waals surface area contributed by atoms with Crippen molar-refractivity contribution in [3.63, 3.8) is 0 Å². The lowest BCUT2D eigenvalue weighted by Gasteiger charge is -2.26. The lowest BCUT2D eigenvalue weighted by molar-refractivity contribution is 0.567. The van der Waals surface area contributed by atoms with Gasteiger partial charge in [-0.15, -0.1) is 0 Å². The van der Waals surface area contributed by atoms with Gasteiger partial charge in [-0.2, -0.15) is 15.0 Å². The average molecular weight is 293 g/mol. The average Bonchev–Trinajstić information content (AvgIpc) is 2.55. The summed E-state index contributed by atoms with van der Waals surface area (Å²) < 4.78 is 0. The Morgan fingerprint density at radius 3 is 2.48 bits per heavy atom. The van der Waals surface area contributed by atoms with Crippen LogP contribution in [-0.2, 0) is 0 Å². The van der Waals surface area contributed by atoms with E-state index in [-0.39, 0.29) is 0 Å². The summed E-state index contributed by atoms with van der Waals surface area (Å²) >= 11 is 0. The number of piperidine rings is 1. The van der Waals surface area contributed by atoms with E-state index < -0.39 is 0 Å². The fourth-order valence-electron chi connectivity index (χ4n) is 2.50. The minimum Gasteiger partial charge on any atom is -0.354 e. The Balaban J connectivity index is 1.96. The van der Waals surface area contributed by atoms with E-state index in [2.05, 4.69) is 37.5 Å². The molecule has 2 rings (SSSR count). The van der Waals surface area contributed by atoms with E-state index in [1.54, 1.807) is 0 Å². The molecule has 0 atom stereocenters. The topological polar surface area (TPSA) is 92.0 Å². The molecule has 1 aliphatic rings. The van der Waals surface area contributed by atoms with Crippen molar-refractivity contribution >= 4 is 17.8 Å². The van der Waals surface area contributed by atoms with Crippen LogP contribution in [0.2, 0.25) is 0 Å². The van der Waals surface area contributed by atoms with Crippen molar-refractivity contribution < 1.29 is 0 Å². The molecule has 0 saturated carbocycles. The zero-order chi connectivity index (χ0) is 14.9. The highest BCUT2D eigenvalue weighted by Gasteiger charge is 2.15. The van der Waals surface area contributed by atoms with Crippen LogP contribution >= 0.6 is 0 Å². The van der Waals surface area contributed by atoms with Crippen molar-refractivity contribution in [3.8, 4) is 0 Å². The first-order valence-electron chi connectivity index (χ1n) is 8.05. The van der Waals surface area contributed by atoms with Crippen molar-refractivity contribution in [2.24, 2.45) is 5.84 Å². The van der Waals surface area contributed by atoms with E-state index in [0.29, 0.717) is 17.8 Å². The summed E-state index contributed by atoms with van der Waals surface area (Å²) in [7, 11) is 0. The van der Waals surface area contributed by atoms with Crippen LogP contribution in [0.25, 0.3) is 0 Å². The molecule has 4 N–H and O–H groups in total. The number of rotatable bonds is 8. The lowest BCUT2D eigenvalue weighted by Crippen LogP contribution is -2.31. The van der Waals surface area contributed by atoms with Crippen LogP contribution in [0.15, 0.2) is 0 Å². The molecule has 21 heavy (non-hydrogen) atoms. The third-order valence-corrected chi connectivity index (χ3v) is 3.71.